The molecule has 8 heteroatoms. The van der Waals surface area contributed by atoms with E-state index in [9.17, 15) is 31.1 Å². The lowest BCUT2D eigenvalue weighted by Gasteiger charge is -2.47. The van der Waals surface area contributed by atoms with Crippen molar-refractivity contribution in [1.29, 1.82) is 0 Å². The van der Waals surface area contributed by atoms with Crippen molar-refractivity contribution >= 4 is 5.97 Å². The Morgan fingerprint density at radius 3 is 1.67 bits per heavy atom. The number of hydrogen-bond donors (Lipinski definition) is 0. The molecule has 24 heavy (non-hydrogen) atoms. The highest BCUT2D eigenvalue weighted by atomic mass is 19.4. The molecule has 0 N–H and O–H groups in total. The van der Waals surface area contributed by atoms with Crippen molar-refractivity contribution in [1.82, 2.24) is 0 Å². The van der Waals surface area contributed by atoms with Gasteiger partial charge in [-0.15, -0.1) is 0 Å². The second-order valence-corrected chi connectivity index (χ2v) is 7.94. The largest absolute Gasteiger partial charge is 0.455 e. The van der Waals surface area contributed by atoms with Crippen molar-refractivity contribution in [2.24, 2.45) is 16.2 Å². The van der Waals surface area contributed by atoms with Gasteiger partial charge in [0.1, 0.15) is 0 Å². The molecule has 0 aromatic carbocycles. The van der Waals surface area contributed by atoms with E-state index < -0.39 is 47.6 Å². The highest BCUT2D eigenvalue weighted by molar-refractivity contribution is 5.79. The second-order valence-electron chi connectivity index (χ2n) is 7.94. The molecule has 0 aliphatic rings. The molecule has 0 fully saturated rings. The zero-order valence-electron chi connectivity index (χ0n) is 14.9. The van der Waals surface area contributed by atoms with Gasteiger partial charge in [-0.25, -0.2) is 0 Å². The number of carbonyl (C=O) groups is 1. The van der Waals surface area contributed by atoms with Crippen LogP contribution in [0.1, 0.15) is 60.8 Å². The maximum atomic E-state index is 13.9. The standard InChI is InChI=1S/C16H26F6O2/c1-7-8-13(5,6)9-14(12(2,3)4,16(20,21)22)11(23)24-10-15(17,18)19/h7-10H2,1-6H3. The summed E-state index contributed by atoms with van der Waals surface area (Å²) in [4.78, 5) is 12.2. The van der Waals surface area contributed by atoms with Crippen molar-refractivity contribution in [3.05, 3.63) is 0 Å². The fourth-order valence-corrected chi connectivity index (χ4v) is 3.04. The SMILES string of the molecule is CCCC(C)(C)CC(C(=O)OCC(F)(F)F)(C(C)(C)C)C(F)(F)F. The zero-order chi connectivity index (χ0) is 19.6. The van der Waals surface area contributed by atoms with Crippen LogP contribution in [0.25, 0.3) is 0 Å². The Kier molecular flexibility index (Phi) is 6.84. The fourth-order valence-electron chi connectivity index (χ4n) is 3.04. The Balaban J connectivity index is 6.02. The average molecular weight is 364 g/mol. The molecule has 1 atom stereocenters. The van der Waals surface area contributed by atoms with Crippen LogP contribution < -0.4 is 0 Å². The topological polar surface area (TPSA) is 26.3 Å². The smallest absolute Gasteiger partial charge is 0.422 e. The molecule has 0 bridgehead atoms. The van der Waals surface area contributed by atoms with E-state index in [-0.39, 0.29) is 0 Å². The van der Waals surface area contributed by atoms with E-state index >= 15 is 0 Å². The number of esters is 1. The number of halogens is 6. The van der Waals surface area contributed by atoms with Crippen LogP contribution in [-0.2, 0) is 9.53 Å². The molecule has 0 heterocycles. The van der Waals surface area contributed by atoms with Crippen molar-refractivity contribution in [3.63, 3.8) is 0 Å². The summed E-state index contributed by atoms with van der Waals surface area (Å²) in [5, 5.41) is 0. The van der Waals surface area contributed by atoms with Crippen LogP contribution in [0.4, 0.5) is 26.3 Å². The highest BCUT2D eigenvalue weighted by Gasteiger charge is 2.68. The first-order chi connectivity index (χ1) is 10.4. The first-order valence-electron chi connectivity index (χ1n) is 7.70. The summed E-state index contributed by atoms with van der Waals surface area (Å²) in [5.74, 6) is -1.87. The molecule has 0 amide bonds. The van der Waals surface area contributed by atoms with Gasteiger partial charge in [0, 0.05) is 0 Å². The maximum absolute atomic E-state index is 13.9. The molecule has 2 nitrogen and oxygen atoms in total. The van der Waals surface area contributed by atoms with Crippen molar-refractivity contribution < 1.29 is 35.9 Å². The zero-order valence-corrected chi connectivity index (χ0v) is 14.9. The summed E-state index contributed by atoms with van der Waals surface area (Å²) in [7, 11) is 0. The molecule has 0 saturated carbocycles. The lowest BCUT2D eigenvalue weighted by molar-refractivity contribution is -0.275. The number of carbonyl (C=O) groups excluding carboxylic acids is 1. The molecule has 0 saturated heterocycles. The van der Waals surface area contributed by atoms with Crippen molar-refractivity contribution in [2.75, 3.05) is 6.61 Å². The first kappa shape index (κ1) is 23.1. The highest BCUT2D eigenvalue weighted by Crippen LogP contribution is 2.58. The molecule has 0 rings (SSSR count). The summed E-state index contributed by atoms with van der Waals surface area (Å²) in [5.41, 5.74) is -5.59. The Bertz CT molecular complexity index is 415. The van der Waals surface area contributed by atoms with Crippen LogP contribution in [0.2, 0.25) is 0 Å². The van der Waals surface area contributed by atoms with E-state index in [4.69, 9.17) is 0 Å². The molecule has 1 unspecified atom stereocenters. The van der Waals surface area contributed by atoms with Crippen LogP contribution >= 0.6 is 0 Å². The normalized spacial score (nSPS) is 16.7. The van der Waals surface area contributed by atoms with E-state index in [0.29, 0.717) is 12.8 Å². The molecule has 0 aromatic rings. The number of rotatable bonds is 6. The van der Waals surface area contributed by atoms with Gasteiger partial charge in [-0.05, 0) is 23.7 Å². The minimum absolute atomic E-state index is 0.396. The van der Waals surface area contributed by atoms with Crippen LogP contribution in [0.5, 0.6) is 0 Å². The van der Waals surface area contributed by atoms with E-state index in [0.717, 1.165) is 0 Å². The molecule has 0 aromatic heterocycles. The van der Waals surface area contributed by atoms with Crippen LogP contribution in [0, 0.1) is 16.2 Å². The van der Waals surface area contributed by atoms with Gasteiger partial charge in [-0.2, -0.15) is 26.3 Å². The summed E-state index contributed by atoms with van der Waals surface area (Å²) in [6.07, 6.45) is -9.59. The Hall–Kier alpha value is -0.950. The van der Waals surface area contributed by atoms with Gasteiger partial charge in [-0.3, -0.25) is 4.79 Å². The van der Waals surface area contributed by atoms with E-state index in [1.807, 2.05) is 0 Å². The quantitative estimate of drug-likeness (QED) is 0.433. The molecule has 0 radical (unpaired) electrons. The van der Waals surface area contributed by atoms with Crippen LogP contribution in [-0.4, -0.2) is 24.9 Å². The van der Waals surface area contributed by atoms with Gasteiger partial charge in [-0.1, -0.05) is 48.0 Å². The van der Waals surface area contributed by atoms with E-state index in [1.54, 1.807) is 20.8 Å². The van der Waals surface area contributed by atoms with E-state index in [1.165, 1.54) is 20.8 Å². The summed E-state index contributed by atoms with van der Waals surface area (Å²) >= 11 is 0. The molecular weight excluding hydrogens is 338 g/mol. The third-order valence-electron chi connectivity index (χ3n) is 4.15. The Morgan fingerprint density at radius 1 is 0.917 bits per heavy atom. The Labute approximate surface area is 138 Å². The number of alkyl halides is 6. The van der Waals surface area contributed by atoms with E-state index in [2.05, 4.69) is 4.74 Å². The van der Waals surface area contributed by atoms with Gasteiger partial charge >= 0.3 is 18.3 Å². The van der Waals surface area contributed by atoms with Gasteiger partial charge in [0.2, 0.25) is 0 Å². The van der Waals surface area contributed by atoms with Gasteiger partial charge in [0.25, 0.3) is 0 Å². The lowest BCUT2D eigenvalue weighted by atomic mass is 9.58. The minimum Gasteiger partial charge on any atom is -0.455 e. The molecular formula is C16H26F6O2. The fraction of sp³-hybridized carbons (Fsp3) is 0.938. The molecule has 0 aliphatic heterocycles. The van der Waals surface area contributed by atoms with Crippen LogP contribution in [0.15, 0.2) is 0 Å². The van der Waals surface area contributed by atoms with Crippen molar-refractivity contribution in [2.45, 2.75) is 73.2 Å². The lowest BCUT2D eigenvalue weighted by Crippen LogP contribution is -2.57. The molecule has 0 spiro atoms. The second kappa shape index (κ2) is 7.12. The molecule has 144 valence electrons. The molecule has 0 aliphatic carbocycles. The third kappa shape index (κ3) is 5.55. The monoisotopic (exact) mass is 364 g/mol. The first-order valence-corrected chi connectivity index (χ1v) is 7.70. The third-order valence-corrected chi connectivity index (χ3v) is 4.15. The van der Waals surface area contributed by atoms with Gasteiger partial charge < -0.3 is 4.74 Å². The average Bonchev–Trinajstić information content (AvgIpc) is 2.28. The Morgan fingerprint density at radius 2 is 1.38 bits per heavy atom. The number of hydrogen-bond acceptors (Lipinski definition) is 2. The minimum atomic E-state index is -5.04. The summed E-state index contributed by atoms with van der Waals surface area (Å²) in [6, 6.07) is 0. The summed E-state index contributed by atoms with van der Waals surface area (Å²) in [6.45, 7) is 6.47. The van der Waals surface area contributed by atoms with Crippen LogP contribution in [0.3, 0.4) is 0 Å². The predicted molar refractivity (Wildman–Crippen MR) is 78.3 cm³/mol. The van der Waals surface area contributed by atoms with Gasteiger partial charge in [0.15, 0.2) is 12.0 Å². The van der Waals surface area contributed by atoms with Gasteiger partial charge in [0.05, 0.1) is 0 Å². The number of ether oxygens (including phenoxy) is 1. The predicted octanol–water partition coefficient (Wildman–Crippen LogP) is 5.90. The summed E-state index contributed by atoms with van der Waals surface area (Å²) < 4.78 is 82.7. The van der Waals surface area contributed by atoms with Crippen molar-refractivity contribution in [3.8, 4) is 0 Å². The maximum Gasteiger partial charge on any atom is 0.422 e.